The first-order valence-electron chi connectivity index (χ1n) is 10.2. The van der Waals surface area contributed by atoms with Gasteiger partial charge in [-0.15, -0.1) is 0 Å². The molecule has 0 radical (unpaired) electrons. The summed E-state index contributed by atoms with van der Waals surface area (Å²) in [4.78, 5) is 23.7. The van der Waals surface area contributed by atoms with Crippen LogP contribution in [0.4, 0.5) is 5.82 Å². The number of hydrogen-bond donors (Lipinski definition) is 1. The minimum Gasteiger partial charge on any atom is -0.462 e. The fourth-order valence-corrected chi connectivity index (χ4v) is 3.04. The van der Waals surface area contributed by atoms with E-state index in [4.69, 9.17) is 4.74 Å². The van der Waals surface area contributed by atoms with Gasteiger partial charge < -0.3 is 15.0 Å². The monoisotopic (exact) mass is 384 g/mol. The van der Waals surface area contributed by atoms with Crippen molar-refractivity contribution in [2.45, 2.75) is 46.6 Å². The summed E-state index contributed by atoms with van der Waals surface area (Å²) in [6.07, 6.45) is 3.63. The lowest BCUT2D eigenvalue weighted by Crippen LogP contribution is -2.26. The Morgan fingerprint density at radius 3 is 2.54 bits per heavy atom. The summed E-state index contributed by atoms with van der Waals surface area (Å²) in [6, 6.07) is 9.94. The molecule has 0 aliphatic carbocycles. The lowest BCUT2D eigenvalue weighted by atomic mass is 10.1. The molecule has 0 saturated carbocycles. The van der Waals surface area contributed by atoms with Crippen LogP contribution in [0.2, 0.25) is 0 Å². The van der Waals surface area contributed by atoms with E-state index in [0.29, 0.717) is 23.8 Å². The van der Waals surface area contributed by atoms with Crippen LogP contribution in [0.1, 0.15) is 50.9 Å². The third kappa shape index (κ3) is 6.30. The second kappa shape index (κ2) is 11.4. The molecule has 1 atom stereocenters. The van der Waals surface area contributed by atoms with Gasteiger partial charge >= 0.3 is 5.97 Å². The molecule has 0 aliphatic rings. The van der Waals surface area contributed by atoms with E-state index in [0.717, 1.165) is 38.0 Å². The molecule has 0 aliphatic heterocycles. The molecule has 0 amide bonds. The zero-order valence-electron chi connectivity index (χ0n) is 17.4. The summed E-state index contributed by atoms with van der Waals surface area (Å²) in [5, 5.41) is 3.40. The predicted molar refractivity (Wildman–Crippen MR) is 114 cm³/mol. The number of nitrogens with one attached hydrogen (secondary N) is 1. The average Bonchev–Trinajstić information content (AvgIpc) is 2.72. The number of benzene rings is 1. The van der Waals surface area contributed by atoms with Crippen LogP contribution in [-0.4, -0.2) is 53.1 Å². The molecule has 1 N–H and O–H groups in total. The van der Waals surface area contributed by atoms with Crippen LogP contribution in [0, 0.1) is 0 Å². The first kappa shape index (κ1) is 21.8. The van der Waals surface area contributed by atoms with Gasteiger partial charge in [0.15, 0.2) is 5.82 Å². The Morgan fingerprint density at radius 2 is 1.89 bits per heavy atom. The number of carbonyl (C=O) groups is 1. The van der Waals surface area contributed by atoms with Crippen LogP contribution in [-0.2, 0) is 4.74 Å². The van der Waals surface area contributed by atoms with E-state index in [1.165, 1.54) is 0 Å². The molecular weight excluding hydrogens is 352 g/mol. The number of anilines is 1. The van der Waals surface area contributed by atoms with Gasteiger partial charge in [-0.1, -0.05) is 44.2 Å². The number of aromatic nitrogens is 2. The highest BCUT2D eigenvalue weighted by molar-refractivity contribution is 5.94. The van der Waals surface area contributed by atoms with Crippen LogP contribution in [0.15, 0.2) is 36.5 Å². The first-order chi connectivity index (χ1) is 13.6. The molecule has 6 nitrogen and oxygen atoms in total. The fraction of sp³-hybridized carbons (Fsp3) is 0.500. The highest BCUT2D eigenvalue weighted by Crippen LogP contribution is 2.21. The Balaban J connectivity index is 2.15. The molecule has 28 heavy (non-hydrogen) atoms. The van der Waals surface area contributed by atoms with Crippen molar-refractivity contribution < 1.29 is 9.53 Å². The molecule has 1 heterocycles. The molecule has 0 bridgehead atoms. The first-order valence-corrected chi connectivity index (χ1v) is 10.2. The Kier molecular flexibility index (Phi) is 8.88. The highest BCUT2D eigenvalue weighted by atomic mass is 16.5. The molecule has 1 aromatic carbocycles. The average molecular weight is 385 g/mol. The van der Waals surface area contributed by atoms with Crippen molar-refractivity contribution in [3.8, 4) is 11.4 Å². The van der Waals surface area contributed by atoms with E-state index in [1.54, 1.807) is 13.1 Å². The largest absolute Gasteiger partial charge is 0.462 e. The van der Waals surface area contributed by atoms with Gasteiger partial charge in [0.05, 0.1) is 6.61 Å². The summed E-state index contributed by atoms with van der Waals surface area (Å²) in [5.74, 6) is 0.717. The Morgan fingerprint density at radius 1 is 1.18 bits per heavy atom. The molecule has 152 valence electrons. The Labute approximate surface area is 168 Å². The maximum Gasteiger partial charge on any atom is 0.343 e. The molecule has 0 fully saturated rings. The van der Waals surface area contributed by atoms with E-state index in [2.05, 4.69) is 41.0 Å². The smallest absolute Gasteiger partial charge is 0.343 e. The zero-order valence-corrected chi connectivity index (χ0v) is 17.4. The molecule has 0 saturated heterocycles. The van der Waals surface area contributed by atoms with E-state index < -0.39 is 5.97 Å². The number of nitrogens with zero attached hydrogens (tertiary/aromatic N) is 3. The summed E-state index contributed by atoms with van der Waals surface area (Å²) in [5.41, 5.74) is 1.28. The third-order valence-electron chi connectivity index (χ3n) is 4.71. The zero-order chi connectivity index (χ0) is 20.4. The van der Waals surface area contributed by atoms with Gasteiger partial charge in [-0.05, 0) is 46.3 Å². The SMILES string of the molecule is CCOC(=O)c1cnc(-c2ccccc2)nc1NC(C)CCCN(CC)CC. The van der Waals surface area contributed by atoms with Crippen molar-refractivity contribution in [3.63, 3.8) is 0 Å². The fourth-order valence-electron chi connectivity index (χ4n) is 3.04. The molecule has 2 rings (SSSR count). The van der Waals surface area contributed by atoms with Gasteiger partial charge in [0, 0.05) is 17.8 Å². The summed E-state index contributed by atoms with van der Waals surface area (Å²) in [7, 11) is 0. The van der Waals surface area contributed by atoms with Crippen LogP contribution in [0.5, 0.6) is 0 Å². The summed E-state index contributed by atoms with van der Waals surface area (Å²) >= 11 is 0. The molecule has 2 aromatic rings. The van der Waals surface area contributed by atoms with E-state index in [-0.39, 0.29) is 6.04 Å². The predicted octanol–water partition coefficient (Wildman–Crippen LogP) is 4.24. The van der Waals surface area contributed by atoms with Crippen molar-refractivity contribution in [1.82, 2.24) is 14.9 Å². The lowest BCUT2D eigenvalue weighted by molar-refractivity contribution is 0.0526. The van der Waals surface area contributed by atoms with Gasteiger partial charge in [0.1, 0.15) is 11.4 Å². The normalized spacial score (nSPS) is 12.0. The molecular formula is C22H32N4O2. The number of carbonyl (C=O) groups excluding carboxylic acids is 1. The van der Waals surface area contributed by atoms with E-state index in [9.17, 15) is 4.79 Å². The molecule has 6 heteroatoms. The quantitative estimate of drug-likeness (QED) is 0.585. The van der Waals surface area contributed by atoms with Crippen molar-refractivity contribution >= 4 is 11.8 Å². The number of rotatable bonds is 11. The second-order valence-corrected chi connectivity index (χ2v) is 6.76. The minimum atomic E-state index is -0.403. The van der Waals surface area contributed by atoms with Crippen molar-refractivity contribution in [3.05, 3.63) is 42.1 Å². The van der Waals surface area contributed by atoms with Gasteiger partial charge in [-0.2, -0.15) is 0 Å². The van der Waals surface area contributed by atoms with Gasteiger partial charge in [0.25, 0.3) is 0 Å². The van der Waals surface area contributed by atoms with Crippen molar-refractivity contribution in [2.24, 2.45) is 0 Å². The maximum atomic E-state index is 12.3. The van der Waals surface area contributed by atoms with Crippen molar-refractivity contribution in [2.75, 3.05) is 31.6 Å². The Hall–Kier alpha value is -2.47. The Bertz CT molecular complexity index is 733. The lowest BCUT2D eigenvalue weighted by Gasteiger charge is -2.20. The molecule has 1 unspecified atom stereocenters. The summed E-state index contributed by atoms with van der Waals surface area (Å²) < 4.78 is 5.17. The van der Waals surface area contributed by atoms with Gasteiger partial charge in [-0.25, -0.2) is 14.8 Å². The van der Waals surface area contributed by atoms with Crippen LogP contribution >= 0.6 is 0 Å². The number of esters is 1. The minimum absolute atomic E-state index is 0.183. The molecule has 0 spiro atoms. The van der Waals surface area contributed by atoms with Gasteiger partial charge in [0.2, 0.25) is 0 Å². The van der Waals surface area contributed by atoms with E-state index in [1.807, 2.05) is 30.3 Å². The summed E-state index contributed by atoms with van der Waals surface area (Å²) in [6.45, 7) is 11.8. The van der Waals surface area contributed by atoms with Crippen molar-refractivity contribution in [1.29, 1.82) is 0 Å². The highest BCUT2D eigenvalue weighted by Gasteiger charge is 2.18. The van der Waals surface area contributed by atoms with Gasteiger partial charge in [-0.3, -0.25) is 0 Å². The number of hydrogen-bond acceptors (Lipinski definition) is 6. The van der Waals surface area contributed by atoms with Crippen LogP contribution < -0.4 is 5.32 Å². The van der Waals surface area contributed by atoms with E-state index >= 15 is 0 Å². The maximum absolute atomic E-state index is 12.3. The molecule has 1 aromatic heterocycles. The third-order valence-corrected chi connectivity index (χ3v) is 4.71. The standard InChI is InChI=1S/C22H32N4O2/c1-5-26(6-2)15-11-12-17(4)24-21-19(22(27)28-7-3)16-23-20(25-21)18-13-9-8-10-14-18/h8-10,13-14,16-17H,5-7,11-12,15H2,1-4H3,(H,23,24,25). The second-order valence-electron chi connectivity index (χ2n) is 6.76. The number of ether oxygens (including phenoxy) is 1. The topological polar surface area (TPSA) is 67.3 Å². The van der Waals surface area contributed by atoms with Crippen LogP contribution in [0.25, 0.3) is 11.4 Å². The van der Waals surface area contributed by atoms with Crippen LogP contribution in [0.3, 0.4) is 0 Å².